The lowest BCUT2D eigenvalue weighted by Crippen LogP contribution is -2.44. The number of nitrogens with one attached hydrogen (secondary N) is 2. The lowest BCUT2D eigenvalue weighted by atomic mass is 10.0. The number of fused-ring (bicyclic) bond motifs is 2. The SMILES string of the molecule is Cc1ccc(Sc2ccc(C(=O)NC3CC4CC3CN4)cc2)s1. The Morgan fingerprint density at radius 2 is 2.04 bits per heavy atom. The molecule has 2 bridgehead atoms. The van der Waals surface area contributed by atoms with Crippen molar-refractivity contribution in [1.29, 1.82) is 0 Å². The van der Waals surface area contributed by atoms with Gasteiger partial charge in [-0.15, -0.1) is 11.3 Å². The van der Waals surface area contributed by atoms with E-state index in [1.807, 2.05) is 24.3 Å². The third kappa shape index (κ3) is 3.32. The van der Waals surface area contributed by atoms with E-state index >= 15 is 0 Å². The molecule has 2 N–H and O–H groups in total. The Balaban J connectivity index is 1.38. The Hall–Kier alpha value is -1.30. The number of carbonyl (C=O) groups is 1. The van der Waals surface area contributed by atoms with Crippen LogP contribution in [0.4, 0.5) is 0 Å². The molecule has 1 aliphatic heterocycles. The largest absolute Gasteiger partial charge is 0.349 e. The van der Waals surface area contributed by atoms with Crippen LogP contribution >= 0.6 is 23.1 Å². The van der Waals surface area contributed by atoms with Crippen LogP contribution in [0.1, 0.15) is 28.1 Å². The summed E-state index contributed by atoms with van der Waals surface area (Å²) in [5.74, 6) is 0.673. The number of amides is 1. The molecule has 2 fully saturated rings. The van der Waals surface area contributed by atoms with Gasteiger partial charge in [0.25, 0.3) is 5.91 Å². The first-order chi connectivity index (χ1) is 11.2. The van der Waals surface area contributed by atoms with Crippen LogP contribution in [0.3, 0.4) is 0 Å². The third-order valence-corrected chi connectivity index (χ3v) is 6.87. The Labute approximate surface area is 144 Å². The van der Waals surface area contributed by atoms with Crippen LogP contribution in [0, 0.1) is 12.8 Å². The maximum absolute atomic E-state index is 12.4. The van der Waals surface area contributed by atoms with Gasteiger partial charge in [-0.2, -0.15) is 0 Å². The zero-order chi connectivity index (χ0) is 15.8. The summed E-state index contributed by atoms with van der Waals surface area (Å²) < 4.78 is 1.29. The van der Waals surface area contributed by atoms with Crippen molar-refractivity contribution in [3.05, 3.63) is 46.8 Å². The van der Waals surface area contributed by atoms with Crippen LogP contribution < -0.4 is 10.6 Å². The maximum Gasteiger partial charge on any atom is 0.251 e. The lowest BCUT2D eigenvalue weighted by molar-refractivity contribution is 0.0925. The monoisotopic (exact) mass is 344 g/mol. The van der Waals surface area contributed by atoms with E-state index in [-0.39, 0.29) is 5.91 Å². The van der Waals surface area contributed by atoms with Gasteiger partial charge in [0.15, 0.2) is 0 Å². The first kappa shape index (κ1) is 15.2. The van der Waals surface area contributed by atoms with Gasteiger partial charge < -0.3 is 10.6 Å². The summed E-state index contributed by atoms with van der Waals surface area (Å²) in [6.07, 6.45) is 2.28. The number of rotatable bonds is 4. The highest BCUT2D eigenvalue weighted by molar-refractivity contribution is 8.01. The Morgan fingerprint density at radius 3 is 2.65 bits per heavy atom. The zero-order valence-electron chi connectivity index (χ0n) is 13.0. The van der Waals surface area contributed by atoms with E-state index in [0.717, 1.165) is 18.5 Å². The van der Waals surface area contributed by atoms with Gasteiger partial charge in [0.2, 0.25) is 0 Å². The second kappa shape index (κ2) is 6.30. The van der Waals surface area contributed by atoms with Crippen molar-refractivity contribution < 1.29 is 4.79 Å². The van der Waals surface area contributed by atoms with Crippen LogP contribution in [0.25, 0.3) is 0 Å². The molecule has 3 unspecified atom stereocenters. The minimum absolute atomic E-state index is 0.0612. The first-order valence-electron chi connectivity index (χ1n) is 8.06. The fourth-order valence-electron chi connectivity index (χ4n) is 3.52. The number of thiophene rings is 1. The molecule has 2 aromatic rings. The minimum atomic E-state index is 0.0612. The number of piperidine rings is 1. The average molecular weight is 345 g/mol. The third-order valence-electron chi connectivity index (χ3n) is 4.73. The standard InChI is InChI=1S/C18H20N2OS2/c1-11-2-7-17(22-11)23-15-5-3-12(4-6-15)18(21)20-16-9-14-8-13(16)10-19-14/h2-7,13-14,16,19H,8-10H2,1H3,(H,20,21). The van der Waals surface area contributed by atoms with Gasteiger partial charge in [-0.3, -0.25) is 4.79 Å². The van der Waals surface area contributed by atoms with Crippen molar-refractivity contribution >= 4 is 29.0 Å². The Kier molecular flexibility index (Phi) is 4.18. The van der Waals surface area contributed by atoms with E-state index < -0.39 is 0 Å². The van der Waals surface area contributed by atoms with Gasteiger partial charge in [0, 0.05) is 34.0 Å². The van der Waals surface area contributed by atoms with Crippen LogP contribution in [-0.2, 0) is 0 Å². The Bertz CT molecular complexity index is 710. The number of aryl methyl sites for hydroxylation is 1. The molecule has 2 aliphatic rings. The maximum atomic E-state index is 12.4. The number of hydrogen-bond donors (Lipinski definition) is 2. The molecule has 1 amide bonds. The van der Waals surface area contributed by atoms with E-state index in [0.29, 0.717) is 18.0 Å². The van der Waals surface area contributed by atoms with Crippen LogP contribution in [-0.4, -0.2) is 24.5 Å². The van der Waals surface area contributed by atoms with Crippen LogP contribution in [0.2, 0.25) is 0 Å². The molecular weight excluding hydrogens is 324 g/mol. The van der Waals surface area contributed by atoms with E-state index in [9.17, 15) is 4.79 Å². The van der Waals surface area contributed by atoms with Gasteiger partial charge in [-0.25, -0.2) is 0 Å². The number of hydrogen-bond acceptors (Lipinski definition) is 4. The van der Waals surface area contributed by atoms with E-state index in [1.54, 1.807) is 23.1 Å². The van der Waals surface area contributed by atoms with Crippen molar-refractivity contribution in [1.82, 2.24) is 10.6 Å². The van der Waals surface area contributed by atoms with Gasteiger partial charge in [-0.05, 0) is 62.1 Å². The van der Waals surface area contributed by atoms with Gasteiger partial charge in [0.1, 0.15) is 0 Å². The molecule has 23 heavy (non-hydrogen) atoms. The quantitative estimate of drug-likeness (QED) is 0.889. The molecule has 3 atom stereocenters. The molecule has 0 spiro atoms. The van der Waals surface area contributed by atoms with Crippen molar-refractivity contribution in [3.63, 3.8) is 0 Å². The highest BCUT2D eigenvalue weighted by atomic mass is 32.2. The predicted molar refractivity (Wildman–Crippen MR) is 95.4 cm³/mol. The highest BCUT2D eigenvalue weighted by Gasteiger charge is 2.39. The Morgan fingerprint density at radius 1 is 1.22 bits per heavy atom. The molecule has 120 valence electrons. The van der Waals surface area contributed by atoms with Crippen molar-refractivity contribution in [3.8, 4) is 0 Å². The second-order valence-corrected chi connectivity index (χ2v) is 9.07. The second-order valence-electron chi connectivity index (χ2n) is 6.41. The molecule has 1 saturated carbocycles. The van der Waals surface area contributed by atoms with E-state index in [4.69, 9.17) is 0 Å². The summed E-state index contributed by atoms with van der Waals surface area (Å²) in [5.41, 5.74) is 0.757. The molecule has 1 aromatic carbocycles. The summed E-state index contributed by atoms with van der Waals surface area (Å²) >= 11 is 3.55. The van der Waals surface area contributed by atoms with Gasteiger partial charge in [-0.1, -0.05) is 11.8 Å². The summed E-state index contributed by atoms with van der Waals surface area (Å²) in [5, 5.41) is 6.69. The average Bonchev–Trinajstić information content (AvgIpc) is 3.25. The summed E-state index contributed by atoms with van der Waals surface area (Å²) in [7, 11) is 0. The normalized spacial score (nSPS) is 25.7. The molecule has 0 radical (unpaired) electrons. The van der Waals surface area contributed by atoms with Crippen molar-refractivity contribution in [2.24, 2.45) is 5.92 Å². The predicted octanol–water partition coefficient (Wildman–Crippen LogP) is 3.69. The first-order valence-corrected chi connectivity index (χ1v) is 9.69. The molecule has 1 aromatic heterocycles. The molecule has 2 heterocycles. The van der Waals surface area contributed by atoms with Crippen molar-refractivity contribution in [2.75, 3.05) is 6.54 Å². The van der Waals surface area contributed by atoms with Gasteiger partial charge >= 0.3 is 0 Å². The smallest absolute Gasteiger partial charge is 0.251 e. The molecule has 1 saturated heterocycles. The minimum Gasteiger partial charge on any atom is -0.349 e. The number of carbonyl (C=O) groups excluding carboxylic acids is 1. The fourth-order valence-corrected chi connectivity index (χ4v) is 5.60. The van der Waals surface area contributed by atoms with Gasteiger partial charge in [0.05, 0.1) is 4.21 Å². The fraction of sp³-hybridized carbons (Fsp3) is 0.389. The highest BCUT2D eigenvalue weighted by Crippen LogP contribution is 2.33. The lowest BCUT2D eigenvalue weighted by Gasteiger charge is -2.23. The number of benzene rings is 1. The van der Waals surface area contributed by atoms with Crippen LogP contribution in [0.5, 0.6) is 0 Å². The summed E-state index contributed by atoms with van der Waals surface area (Å²) in [6.45, 7) is 3.17. The van der Waals surface area contributed by atoms with Crippen LogP contribution in [0.15, 0.2) is 45.5 Å². The van der Waals surface area contributed by atoms with E-state index in [2.05, 4.69) is 29.7 Å². The molecule has 1 aliphatic carbocycles. The molecule has 4 rings (SSSR count). The summed E-state index contributed by atoms with van der Waals surface area (Å²) in [4.78, 5) is 14.9. The molecule has 3 nitrogen and oxygen atoms in total. The zero-order valence-corrected chi connectivity index (χ0v) is 14.7. The van der Waals surface area contributed by atoms with Crippen molar-refractivity contribution in [2.45, 2.75) is 41.0 Å². The molecular formula is C18H20N2OS2. The summed E-state index contributed by atoms with van der Waals surface area (Å²) in [6, 6.07) is 13.2. The topological polar surface area (TPSA) is 41.1 Å². The molecule has 5 heteroatoms. The van der Waals surface area contributed by atoms with E-state index in [1.165, 1.54) is 20.4 Å².